The van der Waals surface area contributed by atoms with E-state index in [9.17, 15) is 19.8 Å². The highest BCUT2D eigenvalue weighted by Crippen LogP contribution is 2.85. The Balaban J connectivity index is 1.16. The van der Waals surface area contributed by atoms with Crippen LogP contribution in [0.15, 0.2) is 97.1 Å². The summed E-state index contributed by atoms with van der Waals surface area (Å²) in [6.07, 6.45) is 13.4. The Hall–Kier alpha value is -4.18. The van der Waals surface area contributed by atoms with Gasteiger partial charge in [-0.2, -0.15) is 0 Å². The van der Waals surface area contributed by atoms with E-state index in [4.69, 9.17) is 0 Å². The summed E-state index contributed by atoms with van der Waals surface area (Å²) in [5.74, 6) is -1.64. The van der Waals surface area contributed by atoms with Gasteiger partial charge in [0, 0.05) is 0 Å². The van der Waals surface area contributed by atoms with Crippen molar-refractivity contribution < 1.29 is 19.8 Å². The van der Waals surface area contributed by atoms with Gasteiger partial charge < -0.3 is 10.2 Å². The molecule has 8 bridgehead atoms. The Kier molecular flexibility index (Phi) is 6.84. The summed E-state index contributed by atoms with van der Waals surface area (Å²) in [7, 11) is 0. The van der Waals surface area contributed by atoms with Crippen LogP contribution in [0.25, 0.3) is 22.3 Å². The highest BCUT2D eigenvalue weighted by Gasteiger charge is 2.76. The molecule has 2 N–H and O–H groups in total. The summed E-state index contributed by atoms with van der Waals surface area (Å²) in [6, 6.07) is 33.2. The van der Waals surface area contributed by atoms with E-state index in [1.807, 2.05) is 36.4 Å². The lowest BCUT2D eigenvalue weighted by Gasteiger charge is -2.80. The topological polar surface area (TPSA) is 74.6 Å². The Morgan fingerprint density at radius 2 is 0.741 bits per heavy atom. The van der Waals surface area contributed by atoms with Crippen LogP contribution >= 0.6 is 0 Å². The molecule has 4 aromatic carbocycles. The van der Waals surface area contributed by atoms with E-state index in [1.54, 1.807) is 0 Å². The van der Waals surface area contributed by atoms with Crippen molar-refractivity contribution in [3.63, 3.8) is 0 Å². The van der Waals surface area contributed by atoms with Crippen molar-refractivity contribution in [2.75, 3.05) is 0 Å². The van der Waals surface area contributed by atoms with Crippen LogP contribution in [0.5, 0.6) is 0 Å². The zero-order valence-corrected chi connectivity index (χ0v) is 32.4. The minimum atomic E-state index is -0.821. The number of hydrogen-bond donors (Lipinski definition) is 2. The van der Waals surface area contributed by atoms with Gasteiger partial charge in [-0.3, -0.25) is 0 Å². The number of carboxylic acid groups (broad SMARTS) is 2. The smallest absolute Gasteiger partial charge is 0.335 e. The fourth-order valence-corrected chi connectivity index (χ4v) is 17.0. The molecule has 54 heavy (non-hydrogen) atoms. The predicted octanol–water partition coefficient (Wildman–Crippen LogP) is 12.4. The lowest BCUT2D eigenvalue weighted by Crippen LogP contribution is -2.71. The molecule has 8 saturated carbocycles. The van der Waals surface area contributed by atoms with E-state index in [0.29, 0.717) is 11.1 Å². The van der Waals surface area contributed by atoms with Crippen LogP contribution in [-0.4, -0.2) is 22.2 Å². The summed E-state index contributed by atoms with van der Waals surface area (Å²) in [5.41, 5.74) is 7.59. The fraction of sp³-hybridized carbons (Fsp3) is 0.480. The first kappa shape index (κ1) is 34.3. The highest BCUT2D eigenvalue weighted by atomic mass is 16.4. The van der Waals surface area contributed by atoms with Gasteiger partial charge in [-0.05, 0) is 178 Å². The molecular weight excluding hydrogens is 665 g/mol. The number of aromatic carboxylic acids is 2. The number of carbonyl (C=O) groups is 2. The van der Waals surface area contributed by atoms with Crippen molar-refractivity contribution in [1.82, 2.24) is 0 Å². The standard InChI is InChI=1S/C50H54O4/c1-43-21-44(2)24-47(23-43,39-19-35(15-17-37(39)41(51)52)33-11-7-5-8-12-33)31-49(27-43,28-44)50-29-45(3)22-46(4,30-50)26-48(25-45,32-50)40-20-36(16-18-38(40)42(53)54)34-13-9-6-10-14-34/h5-20H,21-32H2,1-4H3,(H,51,52)(H,53,54). The molecule has 0 aliphatic heterocycles. The summed E-state index contributed by atoms with van der Waals surface area (Å²) < 4.78 is 0. The average Bonchev–Trinajstić information content (AvgIpc) is 3.09. The second kappa shape index (κ2) is 10.8. The first-order chi connectivity index (χ1) is 25.5. The van der Waals surface area contributed by atoms with Gasteiger partial charge in [0.2, 0.25) is 0 Å². The Morgan fingerprint density at radius 1 is 0.407 bits per heavy atom. The van der Waals surface area contributed by atoms with Crippen molar-refractivity contribution in [2.24, 2.45) is 32.5 Å². The van der Waals surface area contributed by atoms with Crippen LogP contribution in [0.2, 0.25) is 0 Å². The van der Waals surface area contributed by atoms with E-state index < -0.39 is 11.9 Å². The van der Waals surface area contributed by atoms with Gasteiger partial charge in [-0.15, -0.1) is 0 Å². The third kappa shape index (κ3) is 4.86. The second-order valence-corrected chi connectivity index (χ2v) is 21.3. The maximum Gasteiger partial charge on any atom is 0.335 e. The number of carboxylic acids is 2. The van der Waals surface area contributed by atoms with Crippen LogP contribution in [0.4, 0.5) is 0 Å². The second-order valence-electron chi connectivity index (χ2n) is 21.3. The molecular formula is C50H54O4. The summed E-state index contributed by atoms with van der Waals surface area (Å²) >= 11 is 0. The molecule has 4 heteroatoms. The Labute approximate surface area is 320 Å². The van der Waals surface area contributed by atoms with Crippen molar-refractivity contribution in [2.45, 2.75) is 116 Å². The minimum absolute atomic E-state index is 0.0409. The molecule has 8 fully saturated rings. The molecule has 0 aromatic heterocycles. The molecule has 0 radical (unpaired) electrons. The molecule has 4 aromatic rings. The highest BCUT2D eigenvalue weighted by molar-refractivity contribution is 5.92. The molecule has 4 nitrogen and oxygen atoms in total. The predicted molar refractivity (Wildman–Crippen MR) is 214 cm³/mol. The van der Waals surface area contributed by atoms with Crippen molar-refractivity contribution in [3.8, 4) is 22.3 Å². The third-order valence-electron chi connectivity index (χ3n) is 16.2. The van der Waals surface area contributed by atoms with Gasteiger partial charge in [-0.1, -0.05) is 100 Å². The van der Waals surface area contributed by atoms with Crippen molar-refractivity contribution in [1.29, 1.82) is 0 Å². The molecule has 278 valence electrons. The largest absolute Gasteiger partial charge is 0.478 e. The number of rotatable bonds is 7. The molecule has 0 amide bonds. The van der Waals surface area contributed by atoms with E-state index in [1.165, 1.54) is 38.5 Å². The molecule has 4 unspecified atom stereocenters. The zero-order chi connectivity index (χ0) is 37.6. The molecule has 8 aliphatic carbocycles. The van der Waals surface area contributed by atoms with Gasteiger partial charge >= 0.3 is 11.9 Å². The van der Waals surface area contributed by atoms with E-state index >= 15 is 0 Å². The first-order valence-corrected chi connectivity index (χ1v) is 20.4. The van der Waals surface area contributed by atoms with Crippen molar-refractivity contribution in [3.05, 3.63) is 119 Å². The zero-order valence-electron chi connectivity index (χ0n) is 32.4. The van der Waals surface area contributed by atoms with Crippen LogP contribution < -0.4 is 0 Å². The molecule has 0 heterocycles. The lowest BCUT2D eigenvalue weighted by molar-refractivity contribution is -0.275. The van der Waals surface area contributed by atoms with Gasteiger partial charge in [0.1, 0.15) is 0 Å². The van der Waals surface area contributed by atoms with Gasteiger partial charge in [0.15, 0.2) is 0 Å². The van der Waals surface area contributed by atoms with Gasteiger partial charge in [0.05, 0.1) is 11.1 Å². The average molecular weight is 719 g/mol. The summed E-state index contributed by atoms with van der Waals surface area (Å²) in [4.78, 5) is 26.4. The molecule has 8 aliphatic rings. The van der Waals surface area contributed by atoms with E-state index in [0.717, 1.165) is 71.9 Å². The molecule has 4 atom stereocenters. The van der Waals surface area contributed by atoms with Crippen LogP contribution in [0, 0.1) is 32.5 Å². The monoisotopic (exact) mass is 718 g/mol. The molecule has 0 spiro atoms. The van der Waals surface area contributed by atoms with Crippen LogP contribution in [0.3, 0.4) is 0 Å². The van der Waals surface area contributed by atoms with Gasteiger partial charge in [0.25, 0.3) is 0 Å². The van der Waals surface area contributed by atoms with Crippen LogP contribution in [-0.2, 0) is 10.8 Å². The molecule has 12 rings (SSSR count). The number of hydrogen-bond acceptors (Lipinski definition) is 2. The van der Waals surface area contributed by atoms with Crippen molar-refractivity contribution >= 4 is 11.9 Å². The van der Waals surface area contributed by atoms with E-state index in [2.05, 4.69) is 88.4 Å². The summed E-state index contributed by atoms with van der Waals surface area (Å²) in [5, 5.41) is 21.6. The Morgan fingerprint density at radius 3 is 1.06 bits per heavy atom. The third-order valence-corrected chi connectivity index (χ3v) is 16.2. The first-order valence-electron chi connectivity index (χ1n) is 20.4. The minimum Gasteiger partial charge on any atom is -0.478 e. The number of benzene rings is 4. The fourth-order valence-electron chi connectivity index (χ4n) is 17.0. The van der Waals surface area contributed by atoms with Crippen LogP contribution in [0.1, 0.15) is 137 Å². The quantitative estimate of drug-likeness (QED) is 0.199. The Bertz CT molecular complexity index is 2040. The van der Waals surface area contributed by atoms with Gasteiger partial charge in [-0.25, -0.2) is 9.59 Å². The normalized spacial score (nSPS) is 39.9. The molecule has 0 saturated heterocycles. The SMILES string of the molecule is CC12CC3(C)CC(c4cc(-c5ccccc5)ccc4C(=O)O)(C1)CC(C14CC5(C)CC(C)(CC(c6cc(-c7ccccc7)ccc6C(=O)O)(C5)C1)C4)(C2)C3. The van der Waals surface area contributed by atoms with E-state index in [-0.39, 0.29) is 43.3 Å². The maximum atomic E-state index is 13.2. The lowest BCUT2D eigenvalue weighted by atomic mass is 9.24. The maximum absolute atomic E-state index is 13.2. The summed E-state index contributed by atoms with van der Waals surface area (Å²) in [6.45, 7) is 10.2.